The molecule has 0 aliphatic carbocycles. The van der Waals surface area contributed by atoms with Crippen LogP contribution in [0.3, 0.4) is 0 Å². The second-order valence-corrected chi connectivity index (χ2v) is 6.06. The molecule has 0 aromatic heterocycles. The minimum absolute atomic E-state index is 0.169. The molecule has 0 bridgehead atoms. The second-order valence-electron chi connectivity index (χ2n) is 3.53. The van der Waals surface area contributed by atoms with Gasteiger partial charge < -0.3 is 14.7 Å². The smallest absolute Gasteiger partial charge is 0.318 e. The molecule has 5 nitrogen and oxygen atoms in total. The van der Waals surface area contributed by atoms with Crippen LogP contribution in [0.25, 0.3) is 0 Å². The summed E-state index contributed by atoms with van der Waals surface area (Å²) in [4.78, 5) is 21.4. The lowest BCUT2D eigenvalue weighted by atomic mass is 10.4. The molecule has 6 heteroatoms. The van der Waals surface area contributed by atoms with Crippen LogP contribution in [0.2, 0.25) is 0 Å². The van der Waals surface area contributed by atoms with Gasteiger partial charge in [0.2, 0.25) is 7.37 Å². The van der Waals surface area contributed by atoms with E-state index in [4.69, 9.17) is 5.11 Å². The van der Waals surface area contributed by atoms with Crippen molar-refractivity contribution in [3.05, 3.63) is 30.3 Å². The van der Waals surface area contributed by atoms with Gasteiger partial charge >= 0.3 is 5.97 Å². The Morgan fingerprint density at radius 1 is 1.41 bits per heavy atom. The number of rotatable bonds is 5. The molecule has 1 aromatic carbocycles. The average molecular weight is 258 g/mol. The molecule has 94 valence electrons. The molecule has 0 amide bonds. The normalized spacial score (nSPS) is 15.9. The molecule has 0 saturated carbocycles. The van der Waals surface area contributed by atoms with Gasteiger partial charge in [-0.3, -0.25) is 9.36 Å². The van der Waals surface area contributed by atoms with E-state index in [0.717, 1.165) is 0 Å². The van der Waals surface area contributed by atoms with Gasteiger partial charge in [-0.05, 0) is 19.1 Å². The third kappa shape index (κ3) is 3.40. The maximum Gasteiger partial charge on any atom is 0.318 e. The van der Waals surface area contributed by atoms with Crippen molar-refractivity contribution in [1.29, 1.82) is 0 Å². The monoisotopic (exact) mass is 258 g/mol. The summed E-state index contributed by atoms with van der Waals surface area (Å²) < 4.78 is 16.8. The fraction of sp³-hybridized carbons (Fsp3) is 0.364. The first kappa shape index (κ1) is 13.9. The van der Waals surface area contributed by atoms with Crippen molar-refractivity contribution < 1.29 is 24.1 Å². The number of aliphatic hydroxyl groups is 1. The first-order valence-electron chi connectivity index (χ1n) is 5.15. The Morgan fingerprint density at radius 2 is 2.00 bits per heavy atom. The molecule has 0 saturated heterocycles. The summed E-state index contributed by atoms with van der Waals surface area (Å²) in [5, 5.41) is 8.72. The summed E-state index contributed by atoms with van der Waals surface area (Å²) in [5.41, 5.74) is -1.14. The summed E-state index contributed by atoms with van der Waals surface area (Å²) in [6, 6.07) is 7.97. The van der Waals surface area contributed by atoms with Crippen LogP contribution in [0.4, 0.5) is 0 Å². The predicted molar refractivity (Wildman–Crippen MR) is 63.4 cm³/mol. The van der Waals surface area contributed by atoms with Gasteiger partial charge in [-0.15, -0.1) is 0 Å². The summed E-state index contributed by atoms with van der Waals surface area (Å²) in [6.07, 6.45) is 0. The van der Waals surface area contributed by atoms with E-state index in [9.17, 15) is 14.3 Å². The van der Waals surface area contributed by atoms with Crippen molar-refractivity contribution >= 4 is 18.6 Å². The molecule has 2 atom stereocenters. The second kappa shape index (κ2) is 5.96. The number of hydrogen-bond donors (Lipinski definition) is 2. The van der Waals surface area contributed by atoms with Crippen molar-refractivity contribution in [3.8, 4) is 0 Å². The van der Waals surface area contributed by atoms with E-state index in [0.29, 0.717) is 0 Å². The van der Waals surface area contributed by atoms with Crippen molar-refractivity contribution in [2.45, 2.75) is 12.6 Å². The summed E-state index contributed by atoms with van der Waals surface area (Å²) in [7, 11) is -3.79. The molecule has 1 rings (SSSR count). The fourth-order valence-corrected chi connectivity index (χ4v) is 2.68. The lowest BCUT2D eigenvalue weighted by Crippen LogP contribution is -2.26. The Labute approximate surface area is 99.5 Å². The number of aliphatic hydroxyl groups excluding tert-OH is 1. The fourth-order valence-electron chi connectivity index (χ4n) is 1.27. The third-order valence-corrected chi connectivity index (χ3v) is 4.63. The summed E-state index contributed by atoms with van der Waals surface area (Å²) in [6.45, 7) is 0.866. The predicted octanol–water partition coefficient (Wildman–Crippen LogP) is 0.506. The van der Waals surface area contributed by atoms with E-state index in [1.54, 1.807) is 18.2 Å². The Bertz CT molecular complexity index is 417. The number of esters is 1. The van der Waals surface area contributed by atoms with Crippen molar-refractivity contribution in [2.24, 2.45) is 0 Å². The van der Waals surface area contributed by atoms with Crippen LogP contribution in [0.15, 0.2) is 30.3 Å². The Morgan fingerprint density at radius 3 is 2.53 bits per heavy atom. The maximum absolute atomic E-state index is 12.1. The van der Waals surface area contributed by atoms with Gasteiger partial charge in [0.15, 0.2) is 0 Å². The molecule has 17 heavy (non-hydrogen) atoms. The van der Waals surface area contributed by atoms with Crippen LogP contribution in [-0.4, -0.2) is 34.8 Å². The third-order valence-electron chi connectivity index (χ3n) is 2.33. The molecule has 0 heterocycles. The Balaban J connectivity index is 2.84. The van der Waals surface area contributed by atoms with Crippen LogP contribution < -0.4 is 5.30 Å². The molecule has 0 spiro atoms. The quantitative estimate of drug-likeness (QED) is 0.593. The highest BCUT2D eigenvalue weighted by atomic mass is 31.2. The molecule has 0 radical (unpaired) electrons. The molecular formula is C11H15O5P. The van der Waals surface area contributed by atoms with E-state index in [1.165, 1.54) is 19.1 Å². The Kier molecular flexibility index (Phi) is 4.87. The van der Waals surface area contributed by atoms with Crippen molar-refractivity contribution in [1.82, 2.24) is 0 Å². The first-order valence-corrected chi connectivity index (χ1v) is 6.88. The number of carbonyl (C=O) groups excluding carboxylic acids is 1. The molecule has 0 aliphatic heterocycles. The number of carbonyl (C=O) groups is 1. The van der Waals surface area contributed by atoms with Gasteiger partial charge in [-0.2, -0.15) is 0 Å². The van der Waals surface area contributed by atoms with Gasteiger partial charge in [0.25, 0.3) is 0 Å². The molecular weight excluding hydrogens is 243 g/mol. The van der Waals surface area contributed by atoms with E-state index in [-0.39, 0.29) is 18.5 Å². The van der Waals surface area contributed by atoms with Crippen LogP contribution in [0, 0.1) is 0 Å². The van der Waals surface area contributed by atoms with E-state index in [2.05, 4.69) is 4.74 Å². The number of hydrogen-bond acceptors (Lipinski definition) is 4. The minimum Gasteiger partial charge on any atom is -0.463 e. The first-order chi connectivity index (χ1) is 8.00. The molecule has 0 fully saturated rings. The number of ether oxygens (including phenoxy) is 1. The largest absolute Gasteiger partial charge is 0.463 e. The zero-order valence-corrected chi connectivity index (χ0v) is 10.3. The molecule has 1 aromatic rings. The van der Waals surface area contributed by atoms with Gasteiger partial charge in [0.1, 0.15) is 12.3 Å². The minimum atomic E-state index is -3.79. The van der Waals surface area contributed by atoms with Gasteiger partial charge in [-0.25, -0.2) is 0 Å². The maximum atomic E-state index is 12.1. The molecule has 2 N–H and O–H groups in total. The zero-order chi connectivity index (χ0) is 12.9. The standard InChI is InChI=1S/C11H15O5P/c1-9(11(13)16-8-7-12)17(14,15)10-5-3-2-4-6-10/h2-6,9,12H,7-8H2,1H3,(H,14,15). The van der Waals surface area contributed by atoms with Crippen LogP contribution >= 0.6 is 7.37 Å². The van der Waals surface area contributed by atoms with Crippen LogP contribution in [0.5, 0.6) is 0 Å². The van der Waals surface area contributed by atoms with E-state index < -0.39 is 19.0 Å². The van der Waals surface area contributed by atoms with Crippen LogP contribution in [0.1, 0.15) is 6.92 Å². The molecule has 0 aliphatic rings. The van der Waals surface area contributed by atoms with Crippen molar-refractivity contribution in [3.63, 3.8) is 0 Å². The lowest BCUT2D eigenvalue weighted by molar-refractivity contribution is -0.143. The van der Waals surface area contributed by atoms with Gasteiger partial charge in [-0.1, -0.05) is 18.2 Å². The summed E-state index contributed by atoms with van der Waals surface area (Å²) in [5.74, 6) is -0.784. The van der Waals surface area contributed by atoms with Gasteiger partial charge in [0, 0.05) is 5.30 Å². The zero-order valence-electron chi connectivity index (χ0n) is 9.44. The average Bonchev–Trinajstić information content (AvgIpc) is 2.36. The highest BCUT2D eigenvalue weighted by Crippen LogP contribution is 2.45. The molecule has 2 unspecified atom stereocenters. The Hall–Kier alpha value is -1.16. The van der Waals surface area contributed by atoms with Crippen molar-refractivity contribution in [2.75, 3.05) is 13.2 Å². The highest BCUT2D eigenvalue weighted by Gasteiger charge is 2.35. The van der Waals surface area contributed by atoms with E-state index in [1.807, 2.05) is 0 Å². The SMILES string of the molecule is CC(C(=O)OCCO)P(=O)(O)c1ccccc1. The number of benzene rings is 1. The summed E-state index contributed by atoms with van der Waals surface area (Å²) >= 11 is 0. The van der Waals surface area contributed by atoms with Gasteiger partial charge in [0.05, 0.1) is 6.61 Å². The highest BCUT2D eigenvalue weighted by molar-refractivity contribution is 7.67. The topological polar surface area (TPSA) is 83.8 Å². The lowest BCUT2D eigenvalue weighted by Gasteiger charge is -2.18. The van der Waals surface area contributed by atoms with Crippen LogP contribution in [-0.2, 0) is 14.1 Å². The van der Waals surface area contributed by atoms with E-state index >= 15 is 0 Å².